The van der Waals surface area contributed by atoms with E-state index in [1.807, 2.05) is 26.0 Å². The summed E-state index contributed by atoms with van der Waals surface area (Å²) in [4.78, 5) is 12.5. The van der Waals surface area contributed by atoms with Gasteiger partial charge in [0.05, 0.1) is 24.8 Å². The number of aryl methyl sites for hydroxylation is 2. The van der Waals surface area contributed by atoms with Crippen LogP contribution >= 0.6 is 7.60 Å². The lowest BCUT2D eigenvalue weighted by Crippen LogP contribution is -2.19. The van der Waals surface area contributed by atoms with E-state index >= 15 is 0 Å². The fraction of sp³-hybridized carbons (Fsp3) is 0.667. The first kappa shape index (κ1) is 23.9. The Morgan fingerprint density at radius 1 is 1.04 bits per heavy atom. The molecule has 0 aliphatic heterocycles. The second kappa shape index (κ2) is 9.36. The van der Waals surface area contributed by atoms with E-state index in [1.54, 1.807) is 27.7 Å². The molecule has 0 aliphatic carbocycles. The molecule has 1 rings (SSSR count). The standard InChI is InChI=1S/C21H35O5P/c1-14(2)25-27(23,26-15(3)4)11-10-19(22)24-20-17(6)12-16(5)13-18(20)21(7,8)9/h12-15H,10-11H2,1-9H3. The van der Waals surface area contributed by atoms with Gasteiger partial charge in [-0.25, -0.2) is 0 Å². The Kier molecular flexibility index (Phi) is 8.28. The smallest absolute Gasteiger partial charge is 0.331 e. The monoisotopic (exact) mass is 398 g/mol. The molecule has 0 saturated carbocycles. The fourth-order valence-corrected chi connectivity index (χ4v) is 4.81. The molecule has 27 heavy (non-hydrogen) atoms. The van der Waals surface area contributed by atoms with Crippen LogP contribution in [0.2, 0.25) is 0 Å². The van der Waals surface area contributed by atoms with Crippen molar-refractivity contribution < 1.29 is 23.1 Å². The Morgan fingerprint density at radius 2 is 1.56 bits per heavy atom. The third-order valence-electron chi connectivity index (χ3n) is 3.78. The molecule has 6 heteroatoms. The lowest BCUT2D eigenvalue weighted by molar-refractivity contribution is -0.134. The van der Waals surface area contributed by atoms with E-state index in [9.17, 15) is 9.36 Å². The molecule has 0 unspecified atom stereocenters. The SMILES string of the molecule is Cc1cc(C)c(OC(=O)CCP(=O)(OC(C)C)OC(C)C)c(C(C)(C)C)c1. The zero-order chi connectivity index (χ0) is 21.0. The number of hydrogen-bond acceptors (Lipinski definition) is 5. The molecule has 0 heterocycles. The van der Waals surface area contributed by atoms with Gasteiger partial charge in [-0.2, -0.15) is 0 Å². The Balaban J connectivity index is 2.96. The molecular formula is C21H35O5P. The average Bonchev–Trinajstić information content (AvgIpc) is 2.45. The zero-order valence-corrected chi connectivity index (χ0v) is 19.1. The Hall–Kier alpha value is -1.16. The van der Waals surface area contributed by atoms with Crippen LogP contribution in [0.4, 0.5) is 0 Å². The number of hydrogen-bond donors (Lipinski definition) is 0. The van der Waals surface area contributed by atoms with Gasteiger partial charge in [-0.05, 0) is 52.5 Å². The van der Waals surface area contributed by atoms with Crippen LogP contribution in [0.1, 0.15) is 71.6 Å². The number of carbonyl (C=O) groups is 1. The van der Waals surface area contributed by atoms with Crippen LogP contribution in [0.3, 0.4) is 0 Å². The number of carbonyl (C=O) groups excluding carboxylic acids is 1. The lowest BCUT2D eigenvalue weighted by atomic mass is 9.84. The minimum absolute atomic E-state index is 0.00203. The van der Waals surface area contributed by atoms with E-state index in [0.29, 0.717) is 5.75 Å². The first-order valence-corrected chi connectivity index (χ1v) is 11.2. The predicted molar refractivity (Wildman–Crippen MR) is 110 cm³/mol. The molecule has 0 fully saturated rings. The molecule has 0 amide bonds. The third-order valence-corrected chi connectivity index (χ3v) is 6.03. The van der Waals surface area contributed by atoms with Crippen LogP contribution < -0.4 is 4.74 Å². The first-order chi connectivity index (χ1) is 12.2. The molecule has 5 nitrogen and oxygen atoms in total. The molecule has 0 atom stereocenters. The normalized spacial score (nSPS) is 12.7. The second-order valence-corrected chi connectivity index (χ2v) is 10.7. The van der Waals surface area contributed by atoms with Crippen molar-refractivity contribution in [3.8, 4) is 5.75 Å². The van der Waals surface area contributed by atoms with E-state index < -0.39 is 13.6 Å². The van der Waals surface area contributed by atoms with Crippen molar-refractivity contribution in [1.82, 2.24) is 0 Å². The Labute approximate surface area is 164 Å². The summed E-state index contributed by atoms with van der Waals surface area (Å²) in [5.74, 6) is 0.148. The van der Waals surface area contributed by atoms with Gasteiger partial charge >= 0.3 is 13.6 Å². The lowest BCUT2D eigenvalue weighted by Gasteiger charge is -2.25. The highest BCUT2D eigenvalue weighted by atomic mass is 31.2. The van der Waals surface area contributed by atoms with Gasteiger partial charge in [0, 0.05) is 5.56 Å². The molecule has 0 N–H and O–H groups in total. The van der Waals surface area contributed by atoms with Crippen LogP contribution in [0.5, 0.6) is 5.75 Å². The molecule has 1 aromatic carbocycles. The summed E-state index contributed by atoms with van der Waals surface area (Å²) in [7, 11) is -3.36. The van der Waals surface area contributed by atoms with Crippen LogP contribution in [-0.4, -0.2) is 24.3 Å². The van der Waals surface area contributed by atoms with Crippen molar-refractivity contribution in [3.63, 3.8) is 0 Å². The maximum Gasteiger partial charge on any atom is 0.331 e. The predicted octanol–water partition coefficient (Wildman–Crippen LogP) is 5.94. The molecule has 0 bridgehead atoms. The number of rotatable bonds is 8. The van der Waals surface area contributed by atoms with Crippen LogP contribution in [-0.2, 0) is 23.8 Å². The van der Waals surface area contributed by atoms with Gasteiger partial charge in [0.25, 0.3) is 0 Å². The molecule has 1 aromatic rings. The number of ether oxygens (including phenoxy) is 1. The number of benzene rings is 1. The Bertz CT molecular complexity index is 687. The summed E-state index contributed by atoms with van der Waals surface area (Å²) in [6, 6.07) is 4.04. The van der Waals surface area contributed by atoms with E-state index in [0.717, 1.165) is 16.7 Å². The molecular weight excluding hydrogens is 363 g/mol. The minimum atomic E-state index is -3.36. The van der Waals surface area contributed by atoms with Gasteiger partial charge in [0.15, 0.2) is 0 Å². The van der Waals surface area contributed by atoms with E-state index in [-0.39, 0.29) is 30.2 Å². The Morgan fingerprint density at radius 3 is 2.00 bits per heavy atom. The highest BCUT2D eigenvalue weighted by Gasteiger charge is 2.30. The van der Waals surface area contributed by atoms with Gasteiger partial charge < -0.3 is 13.8 Å². The highest BCUT2D eigenvalue weighted by Crippen LogP contribution is 2.51. The topological polar surface area (TPSA) is 61.8 Å². The van der Waals surface area contributed by atoms with Crippen molar-refractivity contribution in [3.05, 3.63) is 28.8 Å². The molecule has 154 valence electrons. The third kappa shape index (κ3) is 7.77. The van der Waals surface area contributed by atoms with Gasteiger partial charge in [0.2, 0.25) is 0 Å². The molecule has 0 aromatic heterocycles. The average molecular weight is 398 g/mol. The first-order valence-electron chi connectivity index (χ1n) is 9.52. The van der Waals surface area contributed by atoms with Gasteiger partial charge in [-0.1, -0.05) is 38.5 Å². The quantitative estimate of drug-likeness (QED) is 0.308. The van der Waals surface area contributed by atoms with Gasteiger partial charge in [-0.15, -0.1) is 0 Å². The highest BCUT2D eigenvalue weighted by molar-refractivity contribution is 7.53. The van der Waals surface area contributed by atoms with Crippen LogP contribution in [0.15, 0.2) is 12.1 Å². The largest absolute Gasteiger partial charge is 0.426 e. The van der Waals surface area contributed by atoms with Crippen molar-refractivity contribution in [1.29, 1.82) is 0 Å². The fourth-order valence-electron chi connectivity index (χ4n) is 2.81. The van der Waals surface area contributed by atoms with E-state index in [2.05, 4.69) is 20.8 Å². The molecule has 0 saturated heterocycles. The molecule has 0 spiro atoms. The van der Waals surface area contributed by atoms with Crippen molar-refractivity contribution in [2.45, 2.75) is 86.4 Å². The van der Waals surface area contributed by atoms with Crippen molar-refractivity contribution in [2.24, 2.45) is 0 Å². The van der Waals surface area contributed by atoms with Gasteiger partial charge in [-0.3, -0.25) is 9.36 Å². The summed E-state index contributed by atoms with van der Waals surface area (Å²) in [5, 5.41) is 0. The van der Waals surface area contributed by atoms with Crippen LogP contribution in [0.25, 0.3) is 0 Å². The summed E-state index contributed by atoms with van der Waals surface area (Å²) in [6.45, 7) is 17.4. The number of esters is 1. The summed E-state index contributed by atoms with van der Waals surface area (Å²) >= 11 is 0. The minimum Gasteiger partial charge on any atom is -0.426 e. The summed E-state index contributed by atoms with van der Waals surface area (Å²) in [5.41, 5.74) is 2.85. The van der Waals surface area contributed by atoms with Crippen LogP contribution in [0, 0.1) is 13.8 Å². The maximum absolute atomic E-state index is 12.9. The van der Waals surface area contributed by atoms with Crippen molar-refractivity contribution in [2.75, 3.05) is 6.16 Å². The molecule has 0 aliphatic rings. The van der Waals surface area contributed by atoms with Gasteiger partial charge in [0.1, 0.15) is 5.75 Å². The maximum atomic E-state index is 12.9. The summed E-state index contributed by atoms with van der Waals surface area (Å²) in [6.07, 6.45) is -0.541. The van der Waals surface area contributed by atoms with Crippen molar-refractivity contribution >= 4 is 13.6 Å². The second-order valence-electron chi connectivity index (χ2n) is 8.58. The van der Waals surface area contributed by atoms with E-state index in [4.69, 9.17) is 13.8 Å². The zero-order valence-electron chi connectivity index (χ0n) is 18.2. The molecule has 0 radical (unpaired) electrons. The van der Waals surface area contributed by atoms with E-state index in [1.165, 1.54) is 0 Å². The summed E-state index contributed by atoms with van der Waals surface area (Å²) < 4.78 is 29.6.